The average Bonchev–Trinajstić information content (AvgIpc) is 3.31. The molecule has 5 nitrogen and oxygen atoms in total. The summed E-state index contributed by atoms with van der Waals surface area (Å²) in [6, 6.07) is 7.91. The topological polar surface area (TPSA) is 65.5 Å². The van der Waals surface area contributed by atoms with Gasteiger partial charge in [0.15, 0.2) is 0 Å². The van der Waals surface area contributed by atoms with Gasteiger partial charge >= 0.3 is 0 Å². The number of allylic oxidation sites excluding steroid dienone is 2. The number of para-hydroxylation sites is 1. The number of H-pyrrole nitrogens is 1. The Hall–Kier alpha value is -2.69. The van der Waals surface area contributed by atoms with Crippen molar-refractivity contribution in [2.45, 2.75) is 6.42 Å². The van der Waals surface area contributed by atoms with Crippen molar-refractivity contribution in [3.63, 3.8) is 0 Å². The lowest BCUT2D eigenvalue weighted by atomic mass is 9.63. The van der Waals surface area contributed by atoms with Gasteiger partial charge in [-0.3, -0.25) is 9.59 Å². The highest BCUT2D eigenvalue weighted by molar-refractivity contribution is 6.07. The molecule has 5 heteroatoms. The van der Waals surface area contributed by atoms with Crippen molar-refractivity contribution < 1.29 is 9.59 Å². The highest BCUT2D eigenvalue weighted by atomic mass is 16.2. The molecule has 0 spiro atoms. The Morgan fingerprint density at radius 2 is 1.72 bits per heavy atom. The molecule has 0 radical (unpaired) electrons. The van der Waals surface area contributed by atoms with E-state index in [4.69, 9.17) is 0 Å². The van der Waals surface area contributed by atoms with E-state index in [2.05, 4.69) is 22.2 Å². The Morgan fingerprint density at radius 3 is 2.44 bits per heavy atom. The molecule has 1 aromatic carbocycles. The molecule has 1 aliphatic heterocycles. The molecule has 5 aliphatic rings. The van der Waals surface area contributed by atoms with Gasteiger partial charge in [0.25, 0.3) is 11.8 Å². The van der Waals surface area contributed by atoms with Gasteiger partial charge in [0.1, 0.15) is 0 Å². The molecule has 2 bridgehead atoms. The van der Waals surface area contributed by atoms with E-state index < -0.39 is 0 Å². The number of imide groups is 1. The number of aromatic nitrogens is 1. The Bertz CT molecular complexity index is 952. The molecule has 2 heterocycles. The molecule has 2 saturated carbocycles. The van der Waals surface area contributed by atoms with E-state index in [-0.39, 0.29) is 35.5 Å². The summed E-state index contributed by atoms with van der Waals surface area (Å²) in [6.45, 7) is 0. The predicted molar refractivity (Wildman–Crippen MR) is 92.4 cm³/mol. The number of carbonyl (C=O) groups is 2. The number of fused-ring (bicyclic) bond motifs is 1. The van der Waals surface area contributed by atoms with Crippen molar-refractivity contribution in [3.05, 3.63) is 48.2 Å². The van der Waals surface area contributed by atoms with Crippen LogP contribution in [0.3, 0.4) is 0 Å². The molecule has 2 amide bonds. The second kappa shape index (κ2) is 4.48. The fraction of sp³-hybridized carbons (Fsp3) is 0.350. The Balaban J connectivity index is 1.35. The van der Waals surface area contributed by atoms with Gasteiger partial charge in [-0.15, -0.1) is 0 Å². The Kier molecular flexibility index (Phi) is 2.43. The quantitative estimate of drug-likeness (QED) is 0.522. The van der Waals surface area contributed by atoms with Crippen molar-refractivity contribution in [1.29, 1.82) is 0 Å². The van der Waals surface area contributed by atoms with E-state index in [0.29, 0.717) is 11.8 Å². The number of hydrogen-bond acceptors (Lipinski definition) is 3. The minimum Gasteiger partial charge on any atom is -0.361 e. The number of hydrogen-bond donors (Lipinski definition) is 1. The van der Waals surface area contributed by atoms with Crippen LogP contribution in [0.2, 0.25) is 0 Å². The van der Waals surface area contributed by atoms with Gasteiger partial charge in [-0.2, -0.15) is 10.1 Å². The van der Waals surface area contributed by atoms with Crippen molar-refractivity contribution in [3.8, 4) is 0 Å². The lowest BCUT2D eigenvalue weighted by Crippen LogP contribution is -2.40. The van der Waals surface area contributed by atoms with Crippen LogP contribution >= 0.6 is 0 Å². The highest BCUT2D eigenvalue weighted by Crippen LogP contribution is 2.65. The first kappa shape index (κ1) is 13.6. The summed E-state index contributed by atoms with van der Waals surface area (Å²) in [6.07, 6.45) is 9.01. The molecule has 7 rings (SSSR count). The maximum atomic E-state index is 12.9. The SMILES string of the molecule is O=C1[C@@H]2[C@H]3C=C[C@@H]([C@@H]4C[C@@H]34)[C@H]2C(=O)N1/N=C\c1c[nH]c2ccccc12. The third-order valence-electron chi connectivity index (χ3n) is 6.57. The highest BCUT2D eigenvalue weighted by Gasteiger charge is 2.67. The first-order valence-electron chi connectivity index (χ1n) is 8.90. The molecule has 2 aromatic rings. The molecule has 1 N–H and O–H groups in total. The zero-order valence-electron chi connectivity index (χ0n) is 13.5. The summed E-state index contributed by atoms with van der Waals surface area (Å²) in [5.41, 5.74) is 1.90. The van der Waals surface area contributed by atoms with Crippen LogP contribution in [0.4, 0.5) is 0 Å². The fourth-order valence-electron chi connectivity index (χ4n) is 5.38. The van der Waals surface area contributed by atoms with Crippen molar-refractivity contribution in [2.75, 3.05) is 0 Å². The molecular weight excluding hydrogens is 314 g/mol. The number of nitrogens with one attached hydrogen (secondary N) is 1. The van der Waals surface area contributed by atoms with Crippen molar-refractivity contribution in [2.24, 2.45) is 40.6 Å². The molecule has 4 aliphatic carbocycles. The zero-order chi connectivity index (χ0) is 16.7. The summed E-state index contributed by atoms with van der Waals surface area (Å²) < 4.78 is 0. The monoisotopic (exact) mass is 331 g/mol. The standard InChI is InChI=1S/C20H17N3O2/c24-19-17-12-5-6-13(15-7-14(12)15)18(17)20(25)23(19)22-9-10-8-21-16-4-2-1-3-11(10)16/h1-6,8-9,12-15,17-18,21H,7H2/b22-9-/t12-,13-,14-,15-,17+,18+/m0/s1. The van der Waals surface area contributed by atoms with Gasteiger partial charge in [0.2, 0.25) is 0 Å². The van der Waals surface area contributed by atoms with Crippen LogP contribution in [-0.4, -0.2) is 28.0 Å². The third kappa shape index (κ3) is 1.65. The van der Waals surface area contributed by atoms with Gasteiger partial charge < -0.3 is 4.98 Å². The van der Waals surface area contributed by atoms with E-state index in [9.17, 15) is 9.59 Å². The van der Waals surface area contributed by atoms with Gasteiger partial charge in [-0.05, 0) is 36.2 Å². The second-order valence-electron chi connectivity index (χ2n) is 7.68. The van der Waals surface area contributed by atoms with Crippen LogP contribution in [0, 0.1) is 35.5 Å². The first-order chi connectivity index (χ1) is 12.2. The Morgan fingerprint density at radius 1 is 1.04 bits per heavy atom. The number of hydrazone groups is 1. The van der Waals surface area contributed by atoms with Crippen LogP contribution in [-0.2, 0) is 9.59 Å². The predicted octanol–water partition coefficient (Wildman–Crippen LogP) is 2.55. The largest absolute Gasteiger partial charge is 0.361 e. The van der Waals surface area contributed by atoms with E-state index in [0.717, 1.165) is 21.5 Å². The molecule has 1 aromatic heterocycles. The van der Waals surface area contributed by atoms with Crippen molar-refractivity contribution >= 4 is 28.9 Å². The van der Waals surface area contributed by atoms with E-state index >= 15 is 0 Å². The maximum absolute atomic E-state index is 12.9. The van der Waals surface area contributed by atoms with E-state index in [1.54, 1.807) is 6.21 Å². The number of rotatable bonds is 2. The van der Waals surface area contributed by atoms with Gasteiger partial charge in [0, 0.05) is 22.7 Å². The number of nitrogens with zero attached hydrogens (tertiary/aromatic N) is 2. The van der Waals surface area contributed by atoms with Gasteiger partial charge in [-0.25, -0.2) is 0 Å². The number of benzene rings is 1. The molecule has 124 valence electrons. The molecule has 6 atom stereocenters. The summed E-state index contributed by atoms with van der Waals surface area (Å²) in [7, 11) is 0. The van der Waals surface area contributed by atoms with Crippen molar-refractivity contribution in [1.82, 2.24) is 9.99 Å². The summed E-state index contributed by atoms with van der Waals surface area (Å²) in [5.74, 6) is 1.11. The summed E-state index contributed by atoms with van der Waals surface area (Å²) in [5, 5.41) is 6.47. The van der Waals surface area contributed by atoms with Gasteiger partial charge in [-0.1, -0.05) is 30.4 Å². The molecule has 0 unspecified atom stereocenters. The summed E-state index contributed by atoms with van der Waals surface area (Å²) in [4.78, 5) is 28.9. The third-order valence-corrected chi connectivity index (χ3v) is 6.57. The van der Waals surface area contributed by atoms with E-state index in [1.165, 1.54) is 6.42 Å². The average molecular weight is 331 g/mol. The smallest absolute Gasteiger partial charge is 0.254 e. The van der Waals surface area contributed by atoms with Crippen LogP contribution in [0.1, 0.15) is 12.0 Å². The first-order valence-corrected chi connectivity index (χ1v) is 8.90. The molecular formula is C20H17N3O2. The minimum atomic E-state index is -0.189. The lowest BCUT2D eigenvalue weighted by molar-refractivity contribution is -0.140. The minimum absolute atomic E-state index is 0.115. The normalized spacial score (nSPS) is 38.0. The number of carbonyl (C=O) groups excluding carboxylic acids is 2. The molecule has 1 saturated heterocycles. The van der Waals surface area contributed by atoms with Crippen LogP contribution in [0.15, 0.2) is 47.7 Å². The summed E-state index contributed by atoms with van der Waals surface area (Å²) >= 11 is 0. The second-order valence-corrected chi connectivity index (χ2v) is 7.68. The number of aromatic amines is 1. The van der Waals surface area contributed by atoms with Crippen LogP contribution in [0.5, 0.6) is 0 Å². The van der Waals surface area contributed by atoms with E-state index in [1.807, 2.05) is 30.5 Å². The maximum Gasteiger partial charge on any atom is 0.254 e. The molecule has 25 heavy (non-hydrogen) atoms. The zero-order valence-corrected chi connectivity index (χ0v) is 13.5. The molecule has 3 fully saturated rings. The van der Waals surface area contributed by atoms with Crippen LogP contribution in [0.25, 0.3) is 10.9 Å². The Labute approximate surface area is 144 Å². The lowest BCUT2D eigenvalue weighted by Gasteiger charge is -2.37. The fourth-order valence-corrected chi connectivity index (χ4v) is 5.38. The van der Waals surface area contributed by atoms with Gasteiger partial charge in [0.05, 0.1) is 18.1 Å². The van der Waals surface area contributed by atoms with Crippen LogP contribution < -0.4 is 0 Å². The number of amides is 2.